The average Bonchev–Trinajstić information content (AvgIpc) is 3.17. The molecule has 150 valence electrons. The Morgan fingerprint density at radius 3 is 2.62 bits per heavy atom. The minimum Gasteiger partial charge on any atom is -0.480 e. The monoisotopic (exact) mass is 392 g/mol. The molecule has 0 aliphatic carbocycles. The van der Waals surface area contributed by atoms with Crippen molar-refractivity contribution in [2.75, 3.05) is 6.54 Å². The van der Waals surface area contributed by atoms with E-state index in [1.165, 1.54) is 4.90 Å². The first-order valence-corrected chi connectivity index (χ1v) is 9.95. The van der Waals surface area contributed by atoms with Crippen molar-refractivity contribution in [2.45, 2.75) is 45.2 Å². The van der Waals surface area contributed by atoms with Crippen molar-refractivity contribution in [3.63, 3.8) is 0 Å². The smallest absolute Gasteiger partial charge is 0.326 e. The summed E-state index contributed by atoms with van der Waals surface area (Å²) in [6, 6.07) is 10.7. The zero-order valence-electron chi connectivity index (χ0n) is 16.6. The predicted octanol–water partition coefficient (Wildman–Crippen LogP) is 3.76. The zero-order valence-corrected chi connectivity index (χ0v) is 16.6. The van der Waals surface area contributed by atoms with Crippen LogP contribution in [0.4, 0.5) is 0 Å². The lowest BCUT2D eigenvalue weighted by Gasteiger charge is -2.33. The molecule has 1 aliphatic heterocycles. The van der Waals surface area contributed by atoms with Crippen LogP contribution in [0.5, 0.6) is 0 Å². The van der Waals surface area contributed by atoms with Crippen LogP contribution in [-0.4, -0.2) is 49.2 Å². The summed E-state index contributed by atoms with van der Waals surface area (Å²) in [6.07, 6.45) is 3.75. The van der Waals surface area contributed by atoms with E-state index in [4.69, 9.17) is 4.98 Å². The van der Waals surface area contributed by atoms with E-state index in [-0.39, 0.29) is 11.9 Å². The number of hydrogen-bond donors (Lipinski definition) is 1. The molecular weight excluding hydrogens is 368 g/mol. The molecule has 1 aromatic carbocycles. The SMILES string of the molecule is CC(C)n1ncc2c(C(=O)N3CCCCC3C(=O)O)cc(-c3ccccc3)nc21. The molecule has 1 saturated heterocycles. The van der Waals surface area contributed by atoms with Gasteiger partial charge in [0.2, 0.25) is 0 Å². The fourth-order valence-corrected chi connectivity index (χ4v) is 3.92. The molecule has 2 aromatic heterocycles. The molecule has 1 fully saturated rings. The molecule has 7 heteroatoms. The average molecular weight is 392 g/mol. The van der Waals surface area contributed by atoms with Gasteiger partial charge in [0.25, 0.3) is 5.91 Å². The quantitative estimate of drug-likeness (QED) is 0.730. The van der Waals surface area contributed by atoms with Gasteiger partial charge in [-0.2, -0.15) is 5.10 Å². The molecular formula is C22H24N4O3. The topological polar surface area (TPSA) is 88.3 Å². The standard InChI is InChI=1S/C22H24N4O3/c1-14(2)26-20-17(13-23-26)16(12-18(24-20)15-8-4-3-5-9-15)21(27)25-11-7-6-10-19(25)22(28)29/h3-5,8-9,12-14,19H,6-7,10-11H2,1-2H3,(H,28,29). The van der Waals surface area contributed by atoms with Gasteiger partial charge in [0.05, 0.1) is 22.8 Å². The summed E-state index contributed by atoms with van der Waals surface area (Å²) in [4.78, 5) is 31.5. The van der Waals surface area contributed by atoms with Crippen LogP contribution in [0.15, 0.2) is 42.6 Å². The number of aromatic nitrogens is 3. The third kappa shape index (κ3) is 3.48. The fraction of sp³-hybridized carbons (Fsp3) is 0.364. The Morgan fingerprint density at radius 2 is 1.93 bits per heavy atom. The number of benzene rings is 1. The number of carbonyl (C=O) groups is 2. The number of amides is 1. The summed E-state index contributed by atoms with van der Waals surface area (Å²) in [5.41, 5.74) is 2.66. The number of carbonyl (C=O) groups excluding carboxylic acids is 1. The Bertz CT molecular complexity index is 1060. The number of piperidine rings is 1. The molecule has 0 radical (unpaired) electrons. The number of pyridine rings is 1. The minimum atomic E-state index is -0.954. The van der Waals surface area contributed by atoms with Crippen molar-refractivity contribution in [1.29, 1.82) is 0 Å². The highest BCUT2D eigenvalue weighted by Crippen LogP contribution is 2.29. The van der Waals surface area contributed by atoms with Gasteiger partial charge < -0.3 is 10.0 Å². The predicted molar refractivity (Wildman–Crippen MR) is 110 cm³/mol. The van der Waals surface area contributed by atoms with E-state index in [9.17, 15) is 14.7 Å². The molecule has 1 atom stereocenters. The molecule has 0 spiro atoms. The number of fused-ring (bicyclic) bond motifs is 1. The highest BCUT2D eigenvalue weighted by molar-refractivity contribution is 6.07. The largest absolute Gasteiger partial charge is 0.480 e. The lowest BCUT2D eigenvalue weighted by molar-refractivity contribution is -0.143. The van der Waals surface area contributed by atoms with Crippen LogP contribution in [0.25, 0.3) is 22.3 Å². The molecule has 7 nitrogen and oxygen atoms in total. The van der Waals surface area contributed by atoms with Gasteiger partial charge in [-0.05, 0) is 39.2 Å². The second kappa shape index (κ2) is 7.66. The Labute approximate surface area is 169 Å². The molecule has 1 aliphatic rings. The molecule has 1 amide bonds. The third-order valence-corrected chi connectivity index (χ3v) is 5.40. The first-order chi connectivity index (χ1) is 14.0. The summed E-state index contributed by atoms with van der Waals surface area (Å²) in [5.74, 6) is -1.23. The summed E-state index contributed by atoms with van der Waals surface area (Å²) in [7, 11) is 0. The molecule has 3 aromatic rings. The Balaban J connectivity index is 1.88. The van der Waals surface area contributed by atoms with Crippen LogP contribution in [0.2, 0.25) is 0 Å². The third-order valence-electron chi connectivity index (χ3n) is 5.40. The van der Waals surface area contributed by atoms with Crippen molar-refractivity contribution in [3.05, 3.63) is 48.2 Å². The maximum Gasteiger partial charge on any atom is 0.326 e. The summed E-state index contributed by atoms with van der Waals surface area (Å²) in [5, 5.41) is 14.7. The molecule has 0 saturated carbocycles. The first-order valence-electron chi connectivity index (χ1n) is 9.95. The second-order valence-electron chi connectivity index (χ2n) is 7.69. The Kier molecular flexibility index (Phi) is 5.05. The number of carboxylic acid groups (broad SMARTS) is 1. The van der Waals surface area contributed by atoms with Gasteiger partial charge in [-0.1, -0.05) is 30.3 Å². The fourth-order valence-electron chi connectivity index (χ4n) is 3.92. The van der Waals surface area contributed by atoms with E-state index in [1.54, 1.807) is 16.9 Å². The van der Waals surface area contributed by atoms with Crippen molar-refractivity contribution in [2.24, 2.45) is 0 Å². The van der Waals surface area contributed by atoms with Crippen molar-refractivity contribution < 1.29 is 14.7 Å². The van der Waals surface area contributed by atoms with E-state index < -0.39 is 12.0 Å². The number of hydrogen-bond acceptors (Lipinski definition) is 4. The molecule has 3 heterocycles. The highest BCUT2D eigenvalue weighted by Gasteiger charge is 2.33. The first kappa shape index (κ1) is 19.1. The number of likely N-dealkylation sites (tertiary alicyclic amines) is 1. The zero-order chi connectivity index (χ0) is 20.5. The van der Waals surface area contributed by atoms with Crippen LogP contribution in [-0.2, 0) is 4.79 Å². The van der Waals surface area contributed by atoms with Crippen LogP contribution >= 0.6 is 0 Å². The molecule has 1 unspecified atom stereocenters. The van der Waals surface area contributed by atoms with Gasteiger partial charge in [-0.25, -0.2) is 14.5 Å². The molecule has 1 N–H and O–H groups in total. The van der Waals surface area contributed by atoms with Crippen molar-refractivity contribution in [1.82, 2.24) is 19.7 Å². The van der Waals surface area contributed by atoms with E-state index in [1.807, 2.05) is 44.2 Å². The molecule has 4 rings (SSSR count). The summed E-state index contributed by atoms with van der Waals surface area (Å²) >= 11 is 0. The summed E-state index contributed by atoms with van der Waals surface area (Å²) < 4.78 is 1.80. The van der Waals surface area contributed by atoms with Crippen LogP contribution in [0, 0.1) is 0 Å². The molecule has 29 heavy (non-hydrogen) atoms. The van der Waals surface area contributed by atoms with Gasteiger partial charge in [-0.3, -0.25) is 4.79 Å². The van der Waals surface area contributed by atoms with E-state index in [0.29, 0.717) is 35.3 Å². The van der Waals surface area contributed by atoms with Gasteiger partial charge in [0.15, 0.2) is 5.65 Å². The number of rotatable bonds is 4. The number of nitrogens with zero attached hydrogens (tertiary/aromatic N) is 4. The van der Waals surface area contributed by atoms with E-state index in [2.05, 4.69) is 5.10 Å². The Hall–Kier alpha value is -3.22. The van der Waals surface area contributed by atoms with Gasteiger partial charge >= 0.3 is 5.97 Å². The normalized spacial score (nSPS) is 17.1. The lowest BCUT2D eigenvalue weighted by Crippen LogP contribution is -2.48. The van der Waals surface area contributed by atoms with E-state index >= 15 is 0 Å². The maximum atomic E-state index is 13.5. The summed E-state index contributed by atoms with van der Waals surface area (Å²) in [6.45, 7) is 4.46. The number of carboxylic acids is 1. The van der Waals surface area contributed by atoms with Crippen molar-refractivity contribution in [3.8, 4) is 11.3 Å². The lowest BCUT2D eigenvalue weighted by atomic mass is 9.99. The highest BCUT2D eigenvalue weighted by atomic mass is 16.4. The number of aliphatic carboxylic acids is 1. The molecule has 0 bridgehead atoms. The van der Waals surface area contributed by atoms with Gasteiger partial charge in [-0.15, -0.1) is 0 Å². The minimum absolute atomic E-state index is 0.0794. The van der Waals surface area contributed by atoms with Gasteiger partial charge in [0, 0.05) is 18.2 Å². The van der Waals surface area contributed by atoms with Crippen LogP contribution in [0.1, 0.15) is 49.5 Å². The van der Waals surface area contributed by atoms with Crippen LogP contribution < -0.4 is 0 Å². The van der Waals surface area contributed by atoms with Gasteiger partial charge in [0.1, 0.15) is 6.04 Å². The van der Waals surface area contributed by atoms with Crippen molar-refractivity contribution >= 4 is 22.9 Å². The van der Waals surface area contributed by atoms with E-state index in [0.717, 1.165) is 18.4 Å². The Morgan fingerprint density at radius 1 is 1.17 bits per heavy atom. The van der Waals surface area contributed by atoms with Crippen LogP contribution in [0.3, 0.4) is 0 Å². The second-order valence-corrected chi connectivity index (χ2v) is 7.69. The maximum absolute atomic E-state index is 13.5.